The highest BCUT2D eigenvalue weighted by Crippen LogP contribution is 2.21. The van der Waals surface area contributed by atoms with Crippen LogP contribution in [0.1, 0.15) is 25.3 Å². The maximum atomic E-state index is 11.9. The third kappa shape index (κ3) is 2.42. The fourth-order valence-corrected chi connectivity index (χ4v) is 2.02. The van der Waals surface area contributed by atoms with Gasteiger partial charge in [0.05, 0.1) is 6.04 Å². The molecule has 0 radical (unpaired) electrons. The van der Waals surface area contributed by atoms with Gasteiger partial charge in [-0.25, -0.2) is 0 Å². The highest BCUT2D eigenvalue weighted by atomic mass is 16.2. The summed E-state index contributed by atoms with van der Waals surface area (Å²) in [6.07, 6.45) is 2.88. The zero-order valence-electron chi connectivity index (χ0n) is 9.62. The third-order valence-corrected chi connectivity index (χ3v) is 2.93. The monoisotopic (exact) mass is 218 g/mol. The molecular weight excluding hydrogens is 200 g/mol. The van der Waals surface area contributed by atoms with Gasteiger partial charge in [0.2, 0.25) is 5.91 Å². The van der Waals surface area contributed by atoms with Crippen molar-refractivity contribution in [3.63, 3.8) is 0 Å². The first-order valence-electron chi connectivity index (χ1n) is 5.93. The summed E-state index contributed by atoms with van der Waals surface area (Å²) < 4.78 is 0. The second kappa shape index (κ2) is 5.12. The van der Waals surface area contributed by atoms with Crippen LogP contribution in [0.2, 0.25) is 0 Å². The fourth-order valence-electron chi connectivity index (χ4n) is 2.02. The van der Waals surface area contributed by atoms with Crippen molar-refractivity contribution in [1.82, 2.24) is 5.32 Å². The fraction of sp³-hybridized carbons (Fsp3) is 0.462. The molecule has 1 atom stereocenters. The first kappa shape index (κ1) is 11.1. The molecule has 1 heterocycles. The van der Waals surface area contributed by atoms with E-state index in [-0.39, 0.29) is 11.9 Å². The topological polar surface area (TPSA) is 41.1 Å². The average Bonchev–Trinajstić information content (AvgIpc) is 2.45. The first-order valence-corrected chi connectivity index (χ1v) is 5.93. The number of nitrogens with one attached hydrogen (secondary N) is 2. The Balaban J connectivity index is 2.09. The number of carbonyl (C=O) groups is 1. The minimum absolute atomic E-state index is 0.0488. The van der Waals surface area contributed by atoms with Gasteiger partial charge in [0.15, 0.2) is 0 Å². The van der Waals surface area contributed by atoms with Crippen molar-refractivity contribution in [2.45, 2.75) is 32.2 Å². The Morgan fingerprint density at radius 2 is 2.25 bits per heavy atom. The number of carbonyl (C=O) groups excluding carboxylic acids is 1. The zero-order valence-corrected chi connectivity index (χ0v) is 9.62. The number of aryl methyl sites for hydroxylation is 1. The van der Waals surface area contributed by atoms with Crippen molar-refractivity contribution in [3.8, 4) is 0 Å². The summed E-state index contributed by atoms with van der Waals surface area (Å²) in [4.78, 5) is 11.9. The Hall–Kier alpha value is -1.35. The predicted molar refractivity (Wildman–Crippen MR) is 65.5 cm³/mol. The Morgan fingerprint density at radius 1 is 1.44 bits per heavy atom. The highest BCUT2D eigenvalue weighted by Gasteiger charge is 2.22. The minimum Gasteiger partial charge on any atom is -0.324 e. The Bertz CT molecular complexity index is 376. The zero-order chi connectivity index (χ0) is 11.4. The molecule has 0 saturated carbocycles. The van der Waals surface area contributed by atoms with Crippen LogP contribution in [-0.2, 0) is 11.2 Å². The number of benzene rings is 1. The van der Waals surface area contributed by atoms with Crippen LogP contribution in [-0.4, -0.2) is 18.5 Å². The summed E-state index contributed by atoms with van der Waals surface area (Å²) in [5, 5.41) is 6.26. The summed E-state index contributed by atoms with van der Waals surface area (Å²) in [6.45, 7) is 3.00. The van der Waals surface area contributed by atoms with Gasteiger partial charge in [-0.15, -0.1) is 0 Å². The van der Waals surface area contributed by atoms with E-state index in [2.05, 4.69) is 23.6 Å². The van der Waals surface area contributed by atoms with E-state index in [1.807, 2.05) is 18.2 Å². The SMILES string of the molecule is CCCNC1CCc2ccccc2NC1=O. The van der Waals surface area contributed by atoms with Crippen LogP contribution < -0.4 is 10.6 Å². The number of para-hydroxylation sites is 1. The molecule has 0 aliphatic carbocycles. The molecule has 3 nitrogen and oxygen atoms in total. The molecule has 16 heavy (non-hydrogen) atoms. The van der Waals surface area contributed by atoms with E-state index in [9.17, 15) is 4.79 Å². The van der Waals surface area contributed by atoms with Crippen molar-refractivity contribution in [2.75, 3.05) is 11.9 Å². The van der Waals surface area contributed by atoms with Gasteiger partial charge in [-0.3, -0.25) is 4.79 Å². The maximum absolute atomic E-state index is 11.9. The van der Waals surface area contributed by atoms with Crippen LogP contribution in [0.15, 0.2) is 24.3 Å². The number of amides is 1. The molecule has 1 amide bonds. The number of anilines is 1. The van der Waals surface area contributed by atoms with Gasteiger partial charge < -0.3 is 10.6 Å². The van der Waals surface area contributed by atoms with Crippen LogP contribution >= 0.6 is 0 Å². The van der Waals surface area contributed by atoms with E-state index in [0.717, 1.165) is 31.5 Å². The summed E-state index contributed by atoms with van der Waals surface area (Å²) in [6, 6.07) is 7.98. The van der Waals surface area contributed by atoms with Gasteiger partial charge in [0.25, 0.3) is 0 Å². The summed E-state index contributed by atoms with van der Waals surface area (Å²) in [5.41, 5.74) is 2.20. The standard InChI is InChI=1S/C13H18N2O/c1-2-9-14-12-8-7-10-5-3-4-6-11(10)15-13(12)16/h3-6,12,14H,2,7-9H2,1H3,(H,15,16). The Kier molecular flexibility index (Phi) is 3.57. The molecule has 0 bridgehead atoms. The number of hydrogen-bond donors (Lipinski definition) is 2. The quantitative estimate of drug-likeness (QED) is 0.814. The lowest BCUT2D eigenvalue weighted by atomic mass is 10.1. The second-order valence-electron chi connectivity index (χ2n) is 4.19. The lowest BCUT2D eigenvalue weighted by molar-refractivity contribution is -0.118. The van der Waals surface area contributed by atoms with Crippen molar-refractivity contribution >= 4 is 11.6 Å². The molecule has 1 aliphatic heterocycles. The molecule has 1 aliphatic rings. The van der Waals surface area contributed by atoms with E-state index in [1.165, 1.54) is 5.56 Å². The van der Waals surface area contributed by atoms with Crippen LogP contribution in [0.4, 0.5) is 5.69 Å². The average molecular weight is 218 g/mol. The molecule has 3 heteroatoms. The molecular formula is C13H18N2O. The molecule has 0 fully saturated rings. The van der Waals surface area contributed by atoms with Crippen LogP contribution in [0.3, 0.4) is 0 Å². The number of hydrogen-bond acceptors (Lipinski definition) is 2. The molecule has 0 aromatic heterocycles. The Morgan fingerprint density at radius 3 is 3.06 bits per heavy atom. The van der Waals surface area contributed by atoms with Gasteiger partial charge in [-0.1, -0.05) is 25.1 Å². The van der Waals surface area contributed by atoms with E-state index in [0.29, 0.717) is 0 Å². The molecule has 86 valence electrons. The van der Waals surface area contributed by atoms with E-state index < -0.39 is 0 Å². The van der Waals surface area contributed by atoms with Crippen LogP contribution in [0.25, 0.3) is 0 Å². The summed E-state index contributed by atoms with van der Waals surface area (Å²) in [5.74, 6) is 0.0957. The normalized spacial score (nSPS) is 19.8. The molecule has 2 N–H and O–H groups in total. The molecule has 0 spiro atoms. The van der Waals surface area contributed by atoms with Crippen LogP contribution in [0.5, 0.6) is 0 Å². The smallest absolute Gasteiger partial charge is 0.241 e. The van der Waals surface area contributed by atoms with Crippen molar-refractivity contribution in [2.24, 2.45) is 0 Å². The van der Waals surface area contributed by atoms with Crippen LogP contribution in [0, 0.1) is 0 Å². The molecule has 2 rings (SSSR count). The predicted octanol–water partition coefficient (Wildman–Crippen LogP) is 1.94. The lowest BCUT2D eigenvalue weighted by Gasteiger charge is -2.14. The van der Waals surface area contributed by atoms with E-state index in [1.54, 1.807) is 0 Å². The number of rotatable bonds is 3. The van der Waals surface area contributed by atoms with Gasteiger partial charge in [-0.2, -0.15) is 0 Å². The number of fused-ring (bicyclic) bond motifs is 1. The largest absolute Gasteiger partial charge is 0.324 e. The highest BCUT2D eigenvalue weighted by molar-refractivity contribution is 5.96. The summed E-state index contributed by atoms with van der Waals surface area (Å²) >= 11 is 0. The second-order valence-corrected chi connectivity index (χ2v) is 4.19. The first-order chi connectivity index (χ1) is 7.81. The molecule has 1 unspecified atom stereocenters. The van der Waals surface area contributed by atoms with Gasteiger partial charge in [0, 0.05) is 5.69 Å². The van der Waals surface area contributed by atoms with Crippen molar-refractivity contribution in [3.05, 3.63) is 29.8 Å². The van der Waals surface area contributed by atoms with Crippen molar-refractivity contribution < 1.29 is 4.79 Å². The lowest BCUT2D eigenvalue weighted by Crippen LogP contribution is -2.40. The molecule has 1 aromatic carbocycles. The molecule has 0 saturated heterocycles. The van der Waals surface area contributed by atoms with Gasteiger partial charge in [-0.05, 0) is 37.4 Å². The van der Waals surface area contributed by atoms with Crippen molar-refractivity contribution in [1.29, 1.82) is 0 Å². The van der Waals surface area contributed by atoms with E-state index in [4.69, 9.17) is 0 Å². The minimum atomic E-state index is -0.0488. The third-order valence-electron chi connectivity index (χ3n) is 2.93. The maximum Gasteiger partial charge on any atom is 0.241 e. The summed E-state index contributed by atoms with van der Waals surface area (Å²) in [7, 11) is 0. The molecule has 1 aromatic rings. The van der Waals surface area contributed by atoms with Gasteiger partial charge in [0.1, 0.15) is 0 Å². The Labute approximate surface area is 96.2 Å². The van der Waals surface area contributed by atoms with E-state index >= 15 is 0 Å². The van der Waals surface area contributed by atoms with Gasteiger partial charge >= 0.3 is 0 Å².